The average molecular weight is 357 g/mol. The van der Waals surface area contributed by atoms with E-state index in [0.717, 1.165) is 25.8 Å². The van der Waals surface area contributed by atoms with Crippen molar-refractivity contribution in [1.82, 2.24) is 4.98 Å². The van der Waals surface area contributed by atoms with Gasteiger partial charge in [-0.25, -0.2) is 4.98 Å². The fourth-order valence-corrected chi connectivity index (χ4v) is 4.86. The normalized spacial score (nSPS) is 14.9. The summed E-state index contributed by atoms with van der Waals surface area (Å²) in [7, 11) is 0. The van der Waals surface area contributed by atoms with Gasteiger partial charge in [0.15, 0.2) is 0 Å². The van der Waals surface area contributed by atoms with Gasteiger partial charge in [0.2, 0.25) is 0 Å². The summed E-state index contributed by atoms with van der Waals surface area (Å²) in [6.07, 6.45) is 6.86. The van der Waals surface area contributed by atoms with E-state index in [2.05, 4.69) is 45.9 Å². The van der Waals surface area contributed by atoms with Crippen LogP contribution < -0.4 is 5.73 Å². The molecule has 1 aromatic carbocycles. The van der Waals surface area contributed by atoms with E-state index in [1.54, 1.807) is 0 Å². The summed E-state index contributed by atoms with van der Waals surface area (Å²) in [6, 6.07) is 7.04. The molecular formula is C22H32N2S. The zero-order valence-corrected chi connectivity index (χ0v) is 17.0. The van der Waals surface area contributed by atoms with Crippen molar-refractivity contribution in [1.29, 1.82) is 0 Å². The SMILES string of the molecule is CCCC(CN)c1ccc2c(c1)CCc1nc(CCC(C)(C)C)sc1-2. The second-order valence-corrected chi connectivity index (χ2v) is 9.67. The van der Waals surface area contributed by atoms with Crippen LogP contribution in [-0.4, -0.2) is 11.5 Å². The summed E-state index contributed by atoms with van der Waals surface area (Å²) in [5.74, 6) is 0.500. The van der Waals surface area contributed by atoms with E-state index in [9.17, 15) is 0 Å². The molecule has 0 bridgehead atoms. The maximum absolute atomic E-state index is 6.01. The Hall–Kier alpha value is -1.19. The first kappa shape index (κ1) is 18.6. The fourth-order valence-electron chi connectivity index (χ4n) is 3.69. The number of rotatable bonds is 6. The lowest BCUT2D eigenvalue weighted by Gasteiger charge is -2.20. The Morgan fingerprint density at radius 3 is 2.72 bits per heavy atom. The average Bonchev–Trinajstić information content (AvgIpc) is 3.00. The summed E-state index contributed by atoms with van der Waals surface area (Å²) in [6.45, 7) is 9.91. The maximum atomic E-state index is 6.01. The van der Waals surface area contributed by atoms with E-state index >= 15 is 0 Å². The predicted molar refractivity (Wildman–Crippen MR) is 109 cm³/mol. The number of aryl methyl sites for hydroxylation is 3. The van der Waals surface area contributed by atoms with Crippen molar-refractivity contribution in [2.45, 2.75) is 72.1 Å². The molecule has 1 atom stereocenters. The Labute approximate surface area is 156 Å². The Morgan fingerprint density at radius 2 is 2.04 bits per heavy atom. The van der Waals surface area contributed by atoms with Gasteiger partial charge in [-0.3, -0.25) is 0 Å². The molecule has 1 aliphatic carbocycles. The highest BCUT2D eigenvalue weighted by atomic mass is 32.1. The van der Waals surface area contributed by atoms with Gasteiger partial charge < -0.3 is 5.73 Å². The lowest BCUT2D eigenvalue weighted by Crippen LogP contribution is -2.13. The molecule has 0 saturated carbocycles. The van der Waals surface area contributed by atoms with Crippen molar-refractivity contribution in [3.8, 4) is 10.4 Å². The van der Waals surface area contributed by atoms with Gasteiger partial charge >= 0.3 is 0 Å². The van der Waals surface area contributed by atoms with E-state index in [1.807, 2.05) is 11.3 Å². The van der Waals surface area contributed by atoms with Gasteiger partial charge in [-0.15, -0.1) is 11.3 Å². The second-order valence-electron chi connectivity index (χ2n) is 8.58. The van der Waals surface area contributed by atoms with Crippen molar-refractivity contribution in [2.75, 3.05) is 6.54 Å². The smallest absolute Gasteiger partial charge is 0.0934 e. The molecule has 1 heterocycles. The highest BCUT2D eigenvalue weighted by Crippen LogP contribution is 2.40. The molecule has 2 nitrogen and oxygen atoms in total. The molecule has 0 radical (unpaired) electrons. The molecule has 0 spiro atoms. The lowest BCUT2D eigenvalue weighted by atomic mass is 9.87. The Morgan fingerprint density at radius 1 is 1.24 bits per heavy atom. The minimum atomic E-state index is 0.371. The quantitative estimate of drug-likeness (QED) is 0.718. The summed E-state index contributed by atoms with van der Waals surface area (Å²) in [5.41, 5.74) is 12.0. The van der Waals surface area contributed by atoms with Crippen molar-refractivity contribution < 1.29 is 0 Å². The van der Waals surface area contributed by atoms with Crippen LogP contribution in [0.3, 0.4) is 0 Å². The summed E-state index contributed by atoms with van der Waals surface area (Å²) < 4.78 is 0. The van der Waals surface area contributed by atoms with Crippen LogP contribution in [0.1, 0.15) is 74.7 Å². The van der Waals surface area contributed by atoms with Crippen LogP contribution in [0.5, 0.6) is 0 Å². The summed E-state index contributed by atoms with van der Waals surface area (Å²) in [4.78, 5) is 6.37. The number of fused-ring (bicyclic) bond motifs is 3. The summed E-state index contributed by atoms with van der Waals surface area (Å²) >= 11 is 1.91. The van der Waals surface area contributed by atoms with E-state index in [0.29, 0.717) is 11.3 Å². The van der Waals surface area contributed by atoms with Gasteiger partial charge in [0, 0.05) is 0 Å². The van der Waals surface area contributed by atoms with Crippen molar-refractivity contribution in [2.24, 2.45) is 11.1 Å². The molecule has 2 N–H and O–H groups in total. The highest BCUT2D eigenvalue weighted by Gasteiger charge is 2.22. The van der Waals surface area contributed by atoms with Crippen LogP contribution in [-0.2, 0) is 19.3 Å². The molecule has 136 valence electrons. The second kappa shape index (κ2) is 7.59. The van der Waals surface area contributed by atoms with Gasteiger partial charge in [-0.1, -0.05) is 52.3 Å². The van der Waals surface area contributed by atoms with Crippen LogP contribution >= 0.6 is 11.3 Å². The van der Waals surface area contributed by atoms with Gasteiger partial charge in [0.1, 0.15) is 0 Å². The van der Waals surface area contributed by atoms with Crippen LogP contribution in [0.15, 0.2) is 18.2 Å². The molecular weight excluding hydrogens is 324 g/mol. The maximum Gasteiger partial charge on any atom is 0.0934 e. The van der Waals surface area contributed by atoms with E-state index in [-0.39, 0.29) is 0 Å². The Balaban J connectivity index is 1.85. The molecule has 1 aliphatic rings. The Bertz CT molecular complexity index is 724. The van der Waals surface area contributed by atoms with E-state index in [1.165, 1.54) is 51.5 Å². The molecule has 0 saturated heterocycles. The standard InChI is InChI=1S/C22H32N2S/c1-5-6-17(14-23)15-7-9-18-16(13-15)8-10-19-21(18)25-20(24-19)11-12-22(2,3)4/h7,9,13,17H,5-6,8,10-12,14,23H2,1-4H3. The van der Waals surface area contributed by atoms with Gasteiger partial charge in [0.25, 0.3) is 0 Å². The van der Waals surface area contributed by atoms with Crippen LogP contribution in [0.2, 0.25) is 0 Å². The largest absolute Gasteiger partial charge is 0.330 e. The van der Waals surface area contributed by atoms with Gasteiger partial charge in [0.05, 0.1) is 15.6 Å². The zero-order chi connectivity index (χ0) is 18.0. The number of hydrogen-bond acceptors (Lipinski definition) is 3. The molecule has 3 rings (SSSR count). The van der Waals surface area contributed by atoms with Crippen molar-refractivity contribution in [3.05, 3.63) is 40.0 Å². The summed E-state index contributed by atoms with van der Waals surface area (Å²) in [5, 5.41) is 1.31. The van der Waals surface area contributed by atoms with Crippen LogP contribution in [0.25, 0.3) is 10.4 Å². The lowest BCUT2D eigenvalue weighted by molar-refractivity contribution is 0.378. The highest BCUT2D eigenvalue weighted by molar-refractivity contribution is 7.15. The van der Waals surface area contributed by atoms with Gasteiger partial charge in [-0.2, -0.15) is 0 Å². The number of hydrogen-bond donors (Lipinski definition) is 1. The number of nitrogens with two attached hydrogens (primary N) is 1. The first-order chi connectivity index (χ1) is 11.9. The monoisotopic (exact) mass is 356 g/mol. The van der Waals surface area contributed by atoms with Crippen LogP contribution in [0.4, 0.5) is 0 Å². The molecule has 2 aromatic rings. The number of thiazole rings is 1. The van der Waals surface area contributed by atoms with Crippen LogP contribution in [0, 0.1) is 5.41 Å². The minimum absolute atomic E-state index is 0.371. The third-order valence-electron chi connectivity index (χ3n) is 5.23. The molecule has 0 aliphatic heterocycles. The topological polar surface area (TPSA) is 38.9 Å². The van der Waals surface area contributed by atoms with Gasteiger partial charge in [-0.05, 0) is 66.7 Å². The molecule has 0 amide bonds. The molecule has 1 unspecified atom stereocenters. The van der Waals surface area contributed by atoms with E-state index in [4.69, 9.17) is 10.7 Å². The third-order valence-corrected chi connectivity index (χ3v) is 6.42. The Kier molecular flexibility index (Phi) is 5.65. The number of aromatic nitrogens is 1. The fraction of sp³-hybridized carbons (Fsp3) is 0.591. The molecule has 25 heavy (non-hydrogen) atoms. The number of benzene rings is 1. The first-order valence-electron chi connectivity index (χ1n) is 9.73. The van der Waals surface area contributed by atoms with Crippen molar-refractivity contribution >= 4 is 11.3 Å². The predicted octanol–water partition coefficient (Wildman–Crippen LogP) is 5.73. The molecule has 0 fully saturated rings. The number of nitrogens with zero attached hydrogens (tertiary/aromatic N) is 1. The minimum Gasteiger partial charge on any atom is -0.330 e. The molecule has 1 aromatic heterocycles. The van der Waals surface area contributed by atoms with Crippen molar-refractivity contribution in [3.63, 3.8) is 0 Å². The molecule has 3 heteroatoms. The first-order valence-corrected chi connectivity index (χ1v) is 10.5. The van der Waals surface area contributed by atoms with E-state index < -0.39 is 0 Å². The third kappa shape index (κ3) is 4.32. The zero-order valence-electron chi connectivity index (χ0n) is 16.2.